The van der Waals surface area contributed by atoms with Crippen LogP contribution in [0.2, 0.25) is 0 Å². The monoisotopic (exact) mass is 385 g/mol. The van der Waals surface area contributed by atoms with Crippen molar-refractivity contribution < 1.29 is 60.8 Å². The number of carboxylic acids is 1. The summed E-state index contributed by atoms with van der Waals surface area (Å²) in [6, 6.07) is 0. The Hall–Kier alpha value is -1.74. The first kappa shape index (κ1) is 29.5. The molecule has 0 spiro atoms. The molecule has 0 aliphatic rings. The molecule has 0 atom stereocenters. The minimum Gasteiger partial charge on any atom is -0.481 e. The van der Waals surface area contributed by atoms with Crippen molar-refractivity contribution in [3.8, 4) is 0 Å². The van der Waals surface area contributed by atoms with Crippen molar-refractivity contribution in [2.45, 2.75) is 6.92 Å². The molecule has 0 radical (unpaired) electrons. The molecule has 96 valence electrons. The van der Waals surface area contributed by atoms with E-state index in [1.165, 1.54) is 0 Å². The molecule has 1 N–H and O–H groups in total. The predicted molar refractivity (Wildman–Crippen MR) is 44.4 cm³/mol. The Morgan fingerprint density at radius 3 is 0.824 bits per heavy atom. The van der Waals surface area contributed by atoms with Gasteiger partial charge in [-0.2, -0.15) is 0 Å². The smallest absolute Gasteiger partial charge is 0.481 e. The molecule has 0 amide bonds. The zero-order chi connectivity index (χ0) is 14.3. The van der Waals surface area contributed by atoms with Gasteiger partial charge in [-0.05, 0) is 0 Å². The Morgan fingerprint density at radius 2 is 0.824 bits per heavy atom. The summed E-state index contributed by atoms with van der Waals surface area (Å²) in [6.07, 6.45) is 0. The molecule has 0 aromatic heterocycles. The van der Waals surface area contributed by atoms with Crippen molar-refractivity contribution >= 4 is 5.97 Å². The van der Waals surface area contributed by atoms with Crippen molar-refractivity contribution in [3.05, 3.63) is 46.0 Å². The molecule has 0 aromatic rings. The van der Waals surface area contributed by atoms with Gasteiger partial charge in [0, 0.05) is 6.92 Å². The molecule has 17 heavy (non-hydrogen) atoms. The maximum Gasteiger partial charge on any atom is 3.00 e. The average Bonchev–Trinajstić information content (AvgIpc) is 1.76. The van der Waals surface area contributed by atoms with Gasteiger partial charge >= 0.3 is 35.6 Å². The Labute approximate surface area is 119 Å². The van der Waals surface area contributed by atoms with Crippen LogP contribution in [-0.4, -0.2) is 26.3 Å². The number of nitrogens with zero attached hydrogens (tertiary/aromatic N) is 3. The van der Waals surface area contributed by atoms with Gasteiger partial charge < -0.3 is 51.1 Å². The molecule has 0 rings (SSSR count). The molecule has 14 nitrogen and oxygen atoms in total. The fourth-order valence-corrected chi connectivity index (χ4v) is 0. The SMILES string of the molecule is CC(=O)O.O=[N+]([O-])[O-].O=[N+]([O-])[O-].O=[N+]([O-])[O-].[La+3]. The second kappa shape index (κ2) is 23.8. The van der Waals surface area contributed by atoms with E-state index in [1.807, 2.05) is 0 Å². The number of rotatable bonds is 0. The summed E-state index contributed by atoms with van der Waals surface area (Å²) in [4.78, 5) is 33.8. The molecule has 0 aliphatic carbocycles. The van der Waals surface area contributed by atoms with Crippen molar-refractivity contribution in [2.75, 3.05) is 0 Å². The Bertz CT molecular complexity index is 165. The topological polar surface area (TPSA) is 236 Å². The fraction of sp³-hybridized carbons (Fsp3) is 0.500. The molecule has 0 unspecified atom stereocenters. The Balaban J connectivity index is -0.0000000369. The number of carbonyl (C=O) groups is 1. The van der Waals surface area contributed by atoms with Crippen LogP contribution in [0, 0.1) is 81.6 Å². The molecule has 0 fully saturated rings. The van der Waals surface area contributed by atoms with Gasteiger partial charge in [-0.25, -0.2) is 0 Å². The van der Waals surface area contributed by atoms with E-state index in [9.17, 15) is 0 Å². The number of aliphatic carboxylic acids is 1. The van der Waals surface area contributed by atoms with Gasteiger partial charge in [0.25, 0.3) is 5.97 Å². The molecule has 0 aliphatic heterocycles. The van der Waals surface area contributed by atoms with E-state index in [4.69, 9.17) is 55.9 Å². The summed E-state index contributed by atoms with van der Waals surface area (Å²) in [5.74, 6) is -0.833. The first-order valence-corrected chi connectivity index (χ1v) is 2.57. The molecule has 0 bridgehead atoms. The van der Waals surface area contributed by atoms with E-state index in [0.717, 1.165) is 6.92 Å². The Kier molecular flexibility index (Phi) is 41.3. The molecule has 15 heteroatoms. The largest absolute Gasteiger partial charge is 3.00 e. The maximum absolute atomic E-state index is 9.00. The number of carboxylic acid groups (broad SMARTS) is 1. The summed E-state index contributed by atoms with van der Waals surface area (Å²) in [5, 5.41) is 51.7. The molecular formula is C2H4LaN3O11. The third-order valence-corrected chi connectivity index (χ3v) is 0. The van der Waals surface area contributed by atoms with Crippen LogP contribution in [0.1, 0.15) is 6.92 Å². The van der Waals surface area contributed by atoms with Crippen molar-refractivity contribution in [1.29, 1.82) is 0 Å². The second-order valence-corrected chi connectivity index (χ2v) is 1.19. The van der Waals surface area contributed by atoms with Crippen LogP contribution in [0.25, 0.3) is 0 Å². The fourth-order valence-electron chi connectivity index (χ4n) is 0. The van der Waals surface area contributed by atoms with Gasteiger partial charge in [-0.1, -0.05) is 0 Å². The standard InChI is InChI=1S/C2H4O2.La.3NO3/c1-2(3)4;;3*2-1(3)4/h1H3,(H,3,4);;;;/q;+3;3*-1. The van der Waals surface area contributed by atoms with Gasteiger partial charge in [0.15, 0.2) is 0 Å². The summed E-state index contributed by atoms with van der Waals surface area (Å²) in [7, 11) is 0. The second-order valence-electron chi connectivity index (χ2n) is 1.19. The van der Waals surface area contributed by atoms with E-state index in [2.05, 4.69) is 0 Å². The summed E-state index contributed by atoms with van der Waals surface area (Å²) in [6.45, 7) is 1.08. The van der Waals surface area contributed by atoms with Crippen LogP contribution in [0.4, 0.5) is 0 Å². The third-order valence-electron chi connectivity index (χ3n) is 0. The van der Waals surface area contributed by atoms with Gasteiger partial charge in [-0.3, -0.25) is 4.79 Å². The molecule has 0 heterocycles. The Morgan fingerprint density at radius 1 is 0.824 bits per heavy atom. The van der Waals surface area contributed by atoms with E-state index in [-0.39, 0.29) is 35.6 Å². The predicted octanol–water partition coefficient (Wildman–Crippen LogP) is -0.626. The van der Waals surface area contributed by atoms with Crippen LogP contribution in [-0.2, 0) is 4.79 Å². The number of hydrogen-bond donors (Lipinski definition) is 1. The maximum atomic E-state index is 9.00. The van der Waals surface area contributed by atoms with Gasteiger partial charge in [0.05, 0.1) is 15.3 Å². The zero-order valence-corrected chi connectivity index (χ0v) is 11.6. The van der Waals surface area contributed by atoms with Crippen LogP contribution in [0.15, 0.2) is 0 Å². The van der Waals surface area contributed by atoms with Crippen LogP contribution < -0.4 is 0 Å². The molecule has 0 saturated heterocycles. The van der Waals surface area contributed by atoms with Gasteiger partial charge in [0.2, 0.25) is 0 Å². The van der Waals surface area contributed by atoms with Crippen LogP contribution >= 0.6 is 0 Å². The average molecular weight is 385 g/mol. The summed E-state index contributed by atoms with van der Waals surface area (Å²) >= 11 is 0. The van der Waals surface area contributed by atoms with Crippen molar-refractivity contribution in [2.24, 2.45) is 0 Å². The van der Waals surface area contributed by atoms with E-state index < -0.39 is 21.2 Å². The first-order chi connectivity index (χ1) is 6.93. The van der Waals surface area contributed by atoms with E-state index in [1.54, 1.807) is 0 Å². The number of hydrogen-bond acceptors (Lipinski definition) is 10. The van der Waals surface area contributed by atoms with Crippen molar-refractivity contribution in [3.63, 3.8) is 0 Å². The van der Waals surface area contributed by atoms with Gasteiger partial charge in [0.1, 0.15) is 0 Å². The minimum atomic E-state index is -1.75. The van der Waals surface area contributed by atoms with Crippen molar-refractivity contribution in [1.82, 2.24) is 0 Å². The zero-order valence-electron chi connectivity index (χ0n) is 7.95. The van der Waals surface area contributed by atoms with E-state index in [0.29, 0.717) is 0 Å². The summed E-state index contributed by atoms with van der Waals surface area (Å²) < 4.78 is 0. The van der Waals surface area contributed by atoms with Crippen LogP contribution in [0.3, 0.4) is 0 Å². The third kappa shape index (κ3) is 713. The first-order valence-electron chi connectivity index (χ1n) is 2.57. The van der Waals surface area contributed by atoms with Crippen LogP contribution in [0.5, 0.6) is 0 Å². The minimum absolute atomic E-state index is 0. The normalized spacial score (nSPS) is 5.71. The molecule has 0 aromatic carbocycles. The quantitative estimate of drug-likeness (QED) is 0.407. The summed E-state index contributed by atoms with van der Waals surface area (Å²) in [5.41, 5.74) is 0. The van der Waals surface area contributed by atoms with E-state index >= 15 is 0 Å². The molecular weight excluding hydrogens is 381 g/mol. The molecule has 0 saturated carbocycles. The van der Waals surface area contributed by atoms with Gasteiger partial charge in [-0.15, -0.1) is 0 Å².